The zero-order valence-corrected chi connectivity index (χ0v) is 13.8. The monoisotopic (exact) mass is 352 g/mol. The number of hydrogen-bond acceptors (Lipinski definition) is 4. The first-order valence-electron chi connectivity index (χ1n) is 7.64. The number of thiazole rings is 1. The zero-order chi connectivity index (χ0) is 17.2. The number of nitrogens with one attached hydrogen (secondary N) is 1. The lowest BCUT2D eigenvalue weighted by Crippen LogP contribution is -2.04. The van der Waals surface area contributed by atoms with Crippen LogP contribution >= 0.6 is 11.3 Å². The Morgan fingerprint density at radius 3 is 2.80 bits per heavy atom. The van der Waals surface area contributed by atoms with E-state index in [1.807, 2.05) is 29.6 Å². The molecular weight excluding hydrogens is 339 g/mol. The number of esters is 1. The molecule has 0 spiro atoms. The van der Waals surface area contributed by atoms with Crippen LogP contribution in [0.1, 0.15) is 16.1 Å². The molecule has 2 heterocycles. The summed E-state index contributed by atoms with van der Waals surface area (Å²) < 4.78 is 18.4. The molecule has 4 aromatic rings. The van der Waals surface area contributed by atoms with Crippen molar-refractivity contribution in [1.29, 1.82) is 0 Å². The Morgan fingerprint density at radius 1 is 1.16 bits per heavy atom. The summed E-state index contributed by atoms with van der Waals surface area (Å²) in [6.45, 7) is 0.0933. The fraction of sp³-hybridized carbons (Fsp3) is 0.0526. The summed E-state index contributed by atoms with van der Waals surface area (Å²) in [6.07, 6.45) is 1.65. The number of benzene rings is 2. The Balaban J connectivity index is 1.46. The molecule has 4 rings (SSSR count). The van der Waals surface area contributed by atoms with E-state index in [9.17, 15) is 9.18 Å². The van der Waals surface area contributed by atoms with E-state index in [0.717, 1.165) is 21.5 Å². The van der Waals surface area contributed by atoms with Gasteiger partial charge in [0.2, 0.25) is 0 Å². The third kappa shape index (κ3) is 3.16. The summed E-state index contributed by atoms with van der Waals surface area (Å²) in [4.78, 5) is 19.8. The molecule has 0 fully saturated rings. The van der Waals surface area contributed by atoms with Crippen LogP contribution in [0.5, 0.6) is 0 Å². The topological polar surface area (TPSA) is 55.0 Å². The average Bonchev–Trinajstić information content (AvgIpc) is 3.27. The summed E-state index contributed by atoms with van der Waals surface area (Å²) in [5.41, 5.74) is 2.89. The van der Waals surface area contributed by atoms with Crippen LogP contribution < -0.4 is 0 Å². The molecule has 0 radical (unpaired) electrons. The van der Waals surface area contributed by atoms with Crippen LogP contribution in [0.3, 0.4) is 0 Å². The van der Waals surface area contributed by atoms with E-state index >= 15 is 0 Å². The van der Waals surface area contributed by atoms with Crippen LogP contribution in [0, 0.1) is 5.82 Å². The highest BCUT2D eigenvalue weighted by molar-refractivity contribution is 7.13. The van der Waals surface area contributed by atoms with Crippen LogP contribution in [-0.2, 0) is 11.3 Å². The Kier molecular flexibility index (Phi) is 4.03. The fourth-order valence-electron chi connectivity index (χ4n) is 2.56. The maximum absolute atomic E-state index is 13.0. The van der Waals surface area contributed by atoms with Gasteiger partial charge >= 0.3 is 5.97 Å². The van der Waals surface area contributed by atoms with Gasteiger partial charge in [0, 0.05) is 28.0 Å². The van der Waals surface area contributed by atoms with Crippen molar-refractivity contribution in [3.63, 3.8) is 0 Å². The molecule has 25 heavy (non-hydrogen) atoms. The molecule has 4 nitrogen and oxygen atoms in total. The second-order valence-corrected chi connectivity index (χ2v) is 6.33. The number of aromatic amines is 1. The normalized spacial score (nSPS) is 10.9. The molecule has 0 aliphatic rings. The fourth-order valence-corrected chi connectivity index (χ4v) is 3.37. The van der Waals surface area contributed by atoms with Gasteiger partial charge in [0.05, 0.1) is 11.3 Å². The van der Waals surface area contributed by atoms with Gasteiger partial charge < -0.3 is 9.72 Å². The predicted molar refractivity (Wildman–Crippen MR) is 94.9 cm³/mol. The molecule has 2 aromatic heterocycles. The van der Waals surface area contributed by atoms with Crippen LogP contribution in [0.25, 0.3) is 21.5 Å². The number of rotatable bonds is 4. The zero-order valence-electron chi connectivity index (χ0n) is 13.0. The van der Waals surface area contributed by atoms with Gasteiger partial charge in [0.1, 0.15) is 17.4 Å². The quantitative estimate of drug-likeness (QED) is 0.537. The van der Waals surface area contributed by atoms with Crippen molar-refractivity contribution in [3.05, 3.63) is 77.2 Å². The van der Waals surface area contributed by atoms with E-state index in [2.05, 4.69) is 9.97 Å². The number of carbonyl (C=O) groups excluding carboxylic acids is 1. The Hall–Kier alpha value is -2.99. The number of hydrogen-bond donors (Lipinski definition) is 1. The molecule has 0 saturated heterocycles. The standard InChI is InChI=1S/C19H13FN2O2S/c20-13-7-5-12(6-8-13)18-22-14(11-25-18)10-24-19(23)16-9-21-17-4-2-1-3-15(16)17/h1-9,11,21H,10H2. The second-order valence-electron chi connectivity index (χ2n) is 5.47. The molecule has 0 aliphatic heterocycles. The summed E-state index contributed by atoms with van der Waals surface area (Å²) in [7, 11) is 0. The van der Waals surface area contributed by atoms with Gasteiger partial charge in [-0.25, -0.2) is 14.2 Å². The van der Waals surface area contributed by atoms with Crippen LogP contribution in [-0.4, -0.2) is 15.9 Å². The minimum Gasteiger partial charge on any atom is -0.455 e. The largest absolute Gasteiger partial charge is 0.455 e. The number of carbonyl (C=O) groups is 1. The number of halogens is 1. The first kappa shape index (κ1) is 15.5. The Bertz CT molecular complexity index is 1040. The predicted octanol–water partition coefficient (Wildman–Crippen LogP) is 4.79. The minimum absolute atomic E-state index is 0.0933. The number of H-pyrrole nitrogens is 1. The molecule has 0 amide bonds. The summed E-state index contributed by atoms with van der Waals surface area (Å²) in [5, 5.41) is 3.43. The SMILES string of the molecule is O=C(OCc1csc(-c2ccc(F)cc2)n1)c1c[nH]c2ccccc12. The summed E-state index contributed by atoms with van der Waals surface area (Å²) >= 11 is 1.43. The number of nitrogens with zero attached hydrogens (tertiary/aromatic N) is 1. The molecule has 0 bridgehead atoms. The highest BCUT2D eigenvalue weighted by atomic mass is 32.1. The van der Waals surface area contributed by atoms with Crippen molar-refractivity contribution in [2.45, 2.75) is 6.61 Å². The van der Waals surface area contributed by atoms with E-state index in [1.165, 1.54) is 23.5 Å². The van der Waals surface area contributed by atoms with Gasteiger partial charge in [0.25, 0.3) is 0 Å². The van der Waals surface area contributed by atoms with Gasteiger partial charge in [0.15, 0.2) is 0 Å². The highest BCUT2D eigenvalue weighted by Gasteiger charge is 2.14. The van der Waals surface area contributed by atoms with E-state index in [-0.39, 0.29) is 12.4 Å². The lowest BCUT2D eigenvalue weighted by molar-refractivity contribution is 0.0471. The van der Waals surface area contributed by atoms with Crippen molar-refractivity contribution in [2.75, 3.05) is 0 Å². The maximum atomic E-state index is 13.0. The molecule has 6 heteroatoms. The summed E-state index contributed by atoms with van der Waals surface area (Å²) in [5.74, 6) is -0.679. The number of fused-ring (bicyclic) bond motifs is 1. The number of aromatic nitrogens is 2. The van der Waals surface area contributed by atoms with E-state index < -0.39 is 5.97 Å². The van der Waals surface area contributed by atoms with Crippen LogP contribution in [0.4, 0.5) is 4.39 Å². The van der Waals surface area contributed by atoms with Crippen LogP contribution in [0.2, 0.25) is 0 Å². The molecule has 0 atom stereocenters. The van der Waals surface area contributed by atoms with Crippen molar-refractivity contribution in [2.24, 2.45) is 0 Å². The van der Waals surface area contributed by atoms with Gasteiger partial charge in [-0.1, -0.05) is 18.2 Å². The smallest absolute Gasteiger partial charge is 0.340 e. The summed E-state index contributed by atoms with van der Waals surface area (Å²) in [6, 6.07) is 13.7. The first-order chi connectivity index (χ1) is 12.2. The van der Waals surface area contributed by atoms with Crippen molar-refractivity contribution < 1.29 is 13.9 Å². The Labute approximate surface area is 146 Å². The molecule has 2 aromatic carbocycles. The molecule has 124 valence electrons. The van der Waals surface area contributed by atoms with Crippen LogP contribution in [0.15, 0.2) is 60.1 Å². The van der Waals surface area contributed by atoms with Crippen molar-refractivity contribution >= 4 is 28.2 Å². The third-order valence-electron chi connectivity index (χ3n) is 3.80. The first-order valence-corrected chi connectivity index (χ1v) is 8.52. The Morgan fingerprint density at radius 2 is 1.96 bits per heavy atom. The second kappa shape index (κ2) is 6.49. The van der Waals surface area contributed by atoms with Gasteiger partial charge in [-0.15, -0.1) is 11.3 Å². The van der Waals surface area contributed by atoms with Gasteiger partial charge in [-0.2, -0.15) is 0 Å². The lowest BCUT2D eigenvalue weighted by atomic mass is 10.2. The van der Waals surface area contributed by atoms with E-state index in [4.69, 9.17) is 4.74 Å². The lowest BCUT2D eigenvalue weighted by Gasteiger charge is -2.01. The van der Waals surface area contributed by atoms with Gasteiger partial charge in [-0.3, -0.25) is 0 Å². The third-order valence-corrected chi connectivity index (χ3v) is 4.74. The molecule has 0 saturated carbocycles. The maximum Gasteiger partial charge on any atom is 0.340 e. The molecule has 0 unspecified atom stereocenters. The molecule has 1 N–H and O–H groups in total. The number of para-hydroxylation sites is 1. The van der Waals surface area contributed by atoms with Gasteiger partial charge in [-0.05, 0) is 30.3 Å². The minimum atomic E-state index is -0.395. The number of ether oxygens (including phenoxy) is 1. The molecular formula is C19H13FN2O2S. The molecule has 0 aliphatic carbocycles. The average molecular weight is 352 g/mol. The van der Waals surface area contributed by atoms with E-state index in [1.54, 1.807) is 18.3 Å². The van der Waals surface area contributed by atoms with E-state index in [0.29, 0.717) is 11.3 Å². The highest BCUT2D eigenvalue weighted by Crippen LogP contribution is 2.25. The van der Waals surface area contributed by atoms with Crippen molar-refractivity contribution in [3.8, 4) is 10.6 Å². The van der Waals surface area contributed by atoms with Crippen molar-refractivity contribution in [1.82, 2.24) is 9.97 Å².